The number of hydrogen-bond donors (Lipinski definition) is 2. The lowest BCUT2D eigenvalue weighted by Crippen LogP contribution is -2.58. The highest BCUT2D eigenvalue weighted by Gasteiger charge is 2.34. The third-order valence-electron chi connectivity index (χ3n) is 2.79. The summed E-state index contributed by atoms with van der Waals surface area (Å²) in [6, 6.07) is 2.71. The molecular formula is C11H13ClN4O2. The topological polar surface area (TPSA) is 88.3 Å². The third-order valence-corrected chi connectivity index (χ3v) is 3.00. The molecule has 1 aromatic rings. The molecule has 3 N–H and O–H groups in total. The zero-order chi connectivity index (χ0) is 13.3. The predicted octanol–water partition coefficient (Wildman–Crippen LogP) is 0.559. The van der Waals surface area contributed by atoms with Gasteiger partial charge in [0.25, 0.3) is 0 Å². The molecule has 1 aliphatic heterocycles. The van der Waals surface area contributed by atoms with Crippen LogP contribution in [0.5, 0.6) is 0 Å². The zero-order valence-electron chi connectivity index (χ0n) is 9.81. The number of nitrogen functional groups attached to an aromatic ring is 1. The molecule has 0 spiro atoms. The molecular weight excluding hydrogens is 256 g/mol. The van der Waals surface area contributed by atoms with Crippen LogP contribution >= 0.6 is 11.6 Å². The van der Waals surface area contributed by atoms with Gasteiger partial charge >= 0.3 is 0 Å². The van der Waals surface area contributed by atoms with Gasteiger partial charge in [-0.2, -0.15) is 0 Å². The summed E-state index contributed by atoms with van der Waals surface area (Å²) >= 11 is 5.82. The van der Waals surface area contributed by atoms with E-state index < -0.39 is 6.04 Å². The Balaban J connectivity index is 2.42. The van der Waals surface area contributed by atoms with Gasteiger partial charge in [0.2, 0.25) is 11.8 Å². The number of imide groups is 1. The van der Waals surface area contributed by atoms with E-state index in [1.54, 1.807) is 17.0 Å². The molecule has 1 unspecified atom stereocenters. The van der Waals surface area contributed by atoms with Crippen LogP contribution < -0.4 is 16.0 Å². The van der Waals surface area contributed by atoms with Crippen molar-refractivity contribution in [1.29, 1.82) is 0 Å². The van der Waals surface area contributed by atoms with Crippen molar-refractivity contribution in [2.75, 3.05) is 17.2 Å². The Morgan fingerprint density at radius 1 is 1.56 bits per heavy atom. The number of halogens is 1. The number of rotatable bonds is 2. The average Bonchev–Trinajstić information content (AvgIpc) is 2.31. The maximum atomic E-state index is 11.7. The summed E-state index contributed by atoms with van der Waals surface area (Å²) in [7, 11) is 0. The van der Waals surface area contributed by atoms with E-state index in [1.807, 2.05) is 6.92 Å². The van der Waals surface area contributed by atoms with Crippen molar-refractivity contribution in [3.63, 3.8) is 0 Å². The summed E-state index contributed by atoms with van der Waals surface area (Å²) in [4.78, 5) is 28.9. The van der Waals surface area contributed by atoms with Crippen LogP contribution in [0, 0.1) is 0 Å². The predicted molar refractivity (Wildman–Crippen MR) is 68.2 cm³/mol. The van der Waals surface area contributed by atoms with Gasteiger partial charge in [-0.3, -0.25) is 14.9 Å². The minimum Gasteiger partial charge on any atom is -0.396 e. The number of amides is 2. The fourth-order valence-electron chi connectivity index (χ4n) is 1.96. The fraction of sp³-hybridized carbons (Fsp3) is 0.364. The van der Waals surface area contributed by atoms with Gasteiger partial charge in [-0.1, -0.05) is 18.5 Å². The molecule has 1 fully saturated rings. The Morgan fingerprint density at radius 3 is 2.94 bits per heavy atom. The van der Waals surface area contributed by atoms with Crippen molar-refractivity contribution in [2.24, 2.45) is 0 Å². The first kappa shape index (κ1) is 12.6. The molecule has 1 aliphatic rings. The number of nitrogens with one attached hydrogen (secondary N) is 1. The van der Waals surface area contributed by atoms with Crippen molar-refractivity contribution in [3.8, 4) is 0 Å². The molecule has 1 atom stereocenters. The van der Waals surface area contributed by atoms with Gasteiger partial charge in [0.15, 0.2) is 5.82 Å². The van der Waals surface area contributed by atoms with Gasteiger partial charge in [-0.15, -0.1) is 0 Å². The molecule has 1 saturated heterocycles. The first-order valence-corrected chi connectivity index (χ1v) is 5.93. The standard InChI is InChI=1S/C11H13ClN4O2/c1-2-7-11(18)15-9(17)5-16(7)10-6(13)3-4-8(12)14-10/h3-4,7H,2,5,13H2,1H3,(H,15,17,18). The van der Waals surface area contributed by atoms with Crippen LogP contribution in [0.4, 0.5) is 11.5 Å². The average molecular weight is 269 g/mol. The molecule has 0 saturated carbocycles. The summed E-state index contributed by atoms with van der Waals surface area (Å²) in [5, 5.41) is 2.56. The van der Waals surface area contributed by atoms with E-state index in [0.29, 0.717) is 17.9 Å². The van der Waals surface area contributed by atoms with Crippen LogP contribution in [0.2, 0.25) is 5.15 Å². The quantitative estimate of drug-likeness (QED) is 0.604. The number of hydrogen-bond acceptors (Lipinski definition) is 5. The van der Waals surface area contributed by atoms with E-state index in [0.717, 1.165) is 0 Å². The van der Waals surface area contributed by atoms with E-state index in [9.17, 15) is 9.59 Å². The number of anilines is 2. The van der Waals surface area contributed by atoms with Gasteiger partial charge in [0.05, 0.1) is 12.2 Å². The molecule has 0 bridgehead atoms. The monoisotopic (exact) mass is 268 g/mol. The molecule has 2 heterocycles. The number of carbonyl (C=O) groups excluding carboxylic acids is 2. The Labute approximate surface area is 109 Å². The highest BCUT2D eigenvalue weighted by atomic mass is 35.5. The molecule has 2 amide bonds. The summed E-state index contributed by atoms with van der Waals surface area (Å²) < 4.78 is 0. The normalized spacial score (nSPS) is 19.9. The van der Waals surface area contributed by atoms with Crippen LogP contribution in [0.1, 0.15) is 13.3 Å². The molecule has 2 rings (SSSR count). The van der Waals surface area contributed by atoms with Crippen molar-refractivity contribution < 1.29 is 9.59 Å². The molecule has 0 aromatic carbocycles. The largest absolute Gasteiger partial charge is 0.396 e. The number of carbonyl (C=O) groups is 2. The summed E-state index contributed by atoms with van der Waals surface area (Å²) in [5.74, 6) is -0.335. The van der Waals surface area contributed by atoms with E-state index in [-0.39, 0.29) is 23.5 Å². The van der Waals surface area contributed by atoms with Crippen LogP contribution in [-0.4, -0.2) is 29.4 Å². The molecule has 96 valence electrons. The van der Waals surface area contributed by atoms with Crippen LogP contribution in [0.15, 0.2) is 12.1 Å². The zero-order valence-corrected chi connectivity index (χ0v) is 10.6. The first-order chi connectivity index (χ1) is 8.52. The Morgan fingerprint density at radius 2 is 2.28 bits per heavy atom. The van der Waals surface area contributed by atoms with Gasteiger partial charge in [0.1, 0.15) is 11.2 Å². The minimum atomic E-state index is -0.462. The summed E-state index contributed by atoms with van der Waals surface area (Å²) in [5.41, 5.74) is 6.21. The molecule has 1 aromatic heterocycles. The van der Waals surface area contributed by atoms with Crippen molar-refractivity contribution in [3.05, 3.63) is 17.3 Å². The lowest BCUT2D eigenvalue weighted by Gasteiger charge is -2.34. The van der Waals surface area contributed by atoms with E-state index in [2.05, 4.69) is 10.3 Å². The smallest absolute Gasteiger partial charge is 0.249 e. The second kappa shape index (κ2) is 4.81. The van der Waals surface area contributed by atoms with Gasteiger partial charge in [-0.25, -0.2) is 4.98 Å². The van der Waals surface area contributed by atoms with Crippen molar-refractivity contribution in [1.82, 2.24) is 10.3 Å². The number of nitrogens with zero attached hydrogens (tertiary/aromatic N) is 2. The van der Waals surface area contributed by atoms with Gasteiger partial charge in [-0.05, 0) is 18.6 Å². The maximum Gasteiger partial charge on any atom is 0.249 e. The van der Waals surface area contributed by atoms with Crippen molar-refractivity contribution in [2.45, 2.75) is 19.4 Å². The summed E-state index contributed by atoms with van der Waals surface area (Å²) in [6.45, 7) is 1.90. The van der Waals surface area contributed by atoms with E-state index >= 15 is 0 Å². The number of pyridine rings is 1. The minimum absolute atomic E-state index is 0.0434. The SMILES string of the molecule is CCC1C(=O)NC(=O)CN1c1nc(Cl)ccc1N. The fourth-order valence-corrected chi connectivity index (χ4v) is 2.10. The Kier molecular flexibility index (Phi) is 3.38. The maximum absolute atomic E-state index is 11.7. The molecule has 0 radical (unpaired) electrons. The molecule has 18 heavy (non-hydrogen) atoms. The lowest BCUT2D eigenvalue weighted by atomic mass is 10.1. The number of nitrogens with two attached hydrogens (primary N) is 1. The van der Waals surface area contributed by atoms with Crippen molar-refractivity contribution >= 4 is 34.9 Å². The highest BCUT2D eigenvalue weighted by Crippen LogP contribution is 2.26. The number of aromatic nitrogens is 1. The van der Waals surface area contributed by atoms with Gasteiger partial charge in [0, 0.05) is 0 Å². The Bertz CT molecular complexity index is 506. The summed E-state index contributed by atoms with van der Waals surface area (Å²) in [6.07, 6.45) is 0.548. The molecule has 0 aliphatic carbocycles. The van der Waals surface area contributed by atoms with Gasteiger partial charge < -0.3 is 10.6 Å². The highest BCUT2D eigenvalue weighted by molar-refractivity contribution is 6.29. The Hall–Kier alpha value is -1.82. The molecule has 7 heteroatoms. The third kappa shape index (κ3) is 2.24. The van der Waals surface area contributed by atoms with E-state index in [4.69, 9.17) is 17.3 Å². The molecule has 6 nitrogen and oxygen atoms in total. The van der Waals surface area contributed by atoms with E-state index in [1.165, 1.54) is 0 Å². The van der Waals surface area contributed by atoms with Crippen LogP contribution in [0.25, 0.3) is 0 Å². The van der Waals surface area contributed by atoms with Crippen LogP contribution in [0.3, 0.4) is 0 Å². The number of piperazine rings is 1. The second-order valence-corrected chi connectivity index (χ2v) is 4.40. The van der Waals surface area contributed by atoms with Crippen LogP contribution in [-0.2, 0) is 9.59 Å². The first-order valence-electron chi connectivity index (χ1n) is 5.55. The lowest BCUT2D eigenvalue weighted by molar-refractivity contribution is -0.132. The second-order valence-electron chi connectivity index (χ2n) is 4.01.